The van der Waals surface area contributed by atoms with Crippen LogP contribution in [0.4, 0.5) is 13.2 Å². The minimum atomic E-state index is -4.55. The van der Waals surface area contributed by atoms with Gasteiger partial charge in [-0.15, -0.1) is 0 Å². The number of nitrogens with zero attached hydrogens (tertiary/aromatic N) is 3. The minimum Gasteiger partial charge on any atom is -0.310 e. The van der Waals surface area contributed by atoms with E-state index in [0.29, 0.717) is 23.7 Å². The number of aromatic amines is 1. The SMILES string of the molecule is O=c1c2cn[nH]c2c2ncc(-c3ccccc3CNC3CC3)cc2n1CC(F)(F)F. The number of hydrogen-bond acceptors (Lipinski definition) is 4. The lowest BCUT2D eigenvalue weighted by molar-refractivity contribution is -0.140. The highest BCUT2D eigenvalue weighted by atomic mass is 19.4. The molecule has 0 spiro atoms. The molecule has 0 radical (unpaired) electrons. The lowest BCUT2D eigenvalue weighted by atomic mass is 10.0. The summed E-state index contributed by atoms with van der Waals surface area (Å²) in [5.41, 5.74) is 2.55. The molecule has 1 fully saturated rings. The Balaban J connectivity index is 1.70. The summed E-state index contributed by atoms with van der Waals surface area (Å²) in [5.74, 6) is 0. The zero-order valence-electron chi connectivity index (χ0n) is 15.8. The van der Waals surface area contributed by atoms with E-state index in [9.17, 15) is 18.0 Å². The van der Waals surface area contributed by atoms with Gasteiger partial charge in [0.2, 0.25) is 0 Å². The van der Waals surface area contributed by atoms with E-state index in [-0.39, 0.29) is 16.4 Å². The van der Waals surface area contributed by atoms with Crippen molar-refractivity contribution in [2.45, 2.75) is 38.1 Å². The maximum absolute atomic E-state index is 13.2. The molecule has 1 aliphatic carbocycles. The van der Waals surface area contributed by atoms with E-state index in [1.165, 1.54) is 6.20 Å². The van der Waals surface area contributed by atoms with Crippen LogP contribution in [-0.2, 0) is 13.1 Å². The van der Waals surface area contributed by atoms with Crippen LogP contribution < -0.4 is 10.9 Å². The van der Waals surface area contributed by atoms with Crippen LogP contribution in [0.15, 0.2) is 47.5 Å². The molecule has 2 N–H and O–H groups in total. The molecule has 4 aromatic rings. The van der Waals surface area contributed by atoms with Crippen LogP contribution in [0.3, 0.4) is 0 Å². The van der Waals surface area contributed by atoms with Gasteiger partial charge in [0.05, 0.1) is 22.6 Å². The second-order valence-electron chi connectivity index (χ2n) is 7.57. The third kappa shape index (κ3) is 3.45. The van der Waals surface area contributed by atoms with E-state index in [4.69, 9.17) is 0 Å². The first kappa shape index (κ1) is 18.8. The third-order valence-corrected chi connectivity index (χ3v) is 5.33. The highest BCUT2D eigenvalue weighted by Gasteiger charge is 2.30. The van der Waals surface area contributed by atoms with Gasteiger partial charge in [0, 0.05) is 24.3 Å². The maximum atomic E-state index is 13.2. The van der Waals surface area contributed by atoms with Crippen molar-refractivity contribution in [1.82, 2.24) is 25.1 Å². The number of alkyl halides is 3. The topological polar surface area (TPSA) is 75.6 Å². The van der Waals surface area contributed by atoms with Crippen LogP contribution in [0, 0.1) is 0 Å². The molecule has 0 bridgehead atoms. The zero-order valence-corrected chi connectivity index (χ0v) is 15.8. The Kier molecular flexibility index (Phi) is 4.35. The fraction of sp³-hybridized carbons (Fsp3) is 0.286. The third-order valence-electron chi connectivity index (χ3n) is 5.33. The monoisotopic (exact) mass is 413 g/mol. The van der Waals surface area contributed by atoms with E-state index >= 15 is 0 Å². The maximum Gasteiger partial charge on any atom is 0.406 e. The van der Waals surface area contributed by atoms with E-state index in [2.05, 4.69) is 20.5 Å². The standard InChI is InChI=1S/C21H18F3N5O/c22-21(23,24)11-29-17-7-13(9-26-19(17)18-16(20(29)30)10-27-28-18)15-4-2-1-3-12(15)8-25-14-5-6-14/h1-4,7,9-10,14,25H,5-6,8,11H2,(H,27,28). The Morgan fingerprint density at radius 2 is 2.00 bits per heavy atom. The summed E-state index contributed by atoms with van der Waals surface area (Å²) < 4.78 is 40.4. The van der Waals surface area contributed by atoms with Crippen molar-refractivity contribution in [3.63, 3.8) is 0 Å². The van der Waals surface area contributed by atoms with Crippen molar-refractivity contribution >= 4 is 21.9 Å². The highest BCUT2D eigenvalue weighted by molar-refractivity contribution is 6.01. The summed E-state index contributed by atoms with van der Waals surface area (Å²) in [6.07, 6.45) is 0.628. The molecule has 6 nitrogen and oxygen atoms in total. The lowest BCUT2D eigenvalue weighted by Gasteiger charge is -2.15. The van der Waals surface area contributed by atoms with Crippen LogP contribution in [0.2, 0.25) is 0 Å². The quantitative estimate of drug-likeness (QED) is 0.523. The Morgan fingerprint density at radius 3 is 2.77 bits per heavy atom. The Labute approximate surface area is 168 Å². The number of pyridine rings is 2. The van der Waals surface area contributed by atoms with Crippen molar-refractivity contribution < 1.29 is 13.2 Å². The number of aromatic nitrogens is 4. The van der Waals surface area contributed by atoms with Crippen LogP contribution in [0.5, 0.6) is 0 Å². The minimum absolute atomic E-state index is 0.0843. The molecule has 0 aliphatic heterocycles. The van der Waals surface area contributed by atoms with Gasteiger partial charge in [-0.3, -0.25) is 19.4 Å². The number of H-pyrrole nitrogens is 1. The van der Waals surface area contributed by atoms with Gasteiger partial charge in [-0.25, -0.2) is 0 Å². The molecule has 154 valence electrons. The zero-order chi connectivity index (χ0) is 20.9. The molecule has 1 saturated carbocycles. The van der Waals surface area contributed by atoms with Gasteiger partial charge >= 0.3 is 6.18 Å². The molecule has 0 atom stereocenters. The first-order valence-corrected chi connectivity index (χ1v) is 9.65. The van der Waals surface area contributed by atoms with Crippen molar-refractivity contribution in [2.24, 2.45) is 0 Å². The molecule has 0 amide bonds. The molecule has 5 rings (SSSR count). The molecule has 3 heterocycles. The number of rotatable bonds is 5. The Morgan fingerprint density at radius 1 is 1.20 bits per heavy atom. The van der Waals surface area contributed by atoms with Gasteiger partial charge in [-0.05, 0) is 30.0 Å². The Hall–Kier alpha value is -3.20. The first-order chi connectivity index (χ1) is 14.4. The second-order valence-corrected chi connectivity index (χ2v) is 7.57. The summed E-state index contributed by atoms with van der Waals surface area (Å²) >= 11 is 0. The van der Waals surface area contributed by atoms with Gasteiger partial charge in [0.25, 0.3) is 5.56 Å². The van der Waals surface area contributed by atoms with E-state index in [0.717, 1.165) is 28.5 Å². The van der Waals surface area contributed by atoms with E-state index in [1.807, 2.05) is 24.3 Å². The summed E-state index contributed by atoms with van der Waals surface area (Å²) in [5, 5.41) is 10.0. The van der Waals surface area contributed by atoms with Crippen molar-refractivity contribution in [3.05, 3.63) is 58.6 Å². The van der Waals surface area contributed by atoms with Gasteiger partial charge in [0.1, 0.15) is 12.1 Å². The van der Waals surface area contributed by atoms with Gasteiger partial charge in [0.15, 0.2) is 0 Å². The molecular weight excluding hydrogens is 395 g/mol. The number of nitrogens with one attached hydrogen (secondary N) is 2. The van der Waals surface area contributed by atoms with Crippen molar-refractivity contribution in [1.29, 1.82) is 0 Å². The molecule has 1 aliphatic rings. The smallest absolute Gasteiger partial charge is 0.310 e. The molecule has 9 heteroatoms. The normalized spacial score (nSPS) is 14.6. The van der Waals surface area contributed by atoms with Crippen molar-refractivity contribution in [2.75, 3.05) is 0 Å². The van der Waals surface area contributed by atoms with Crippen LogP contribution in [0.25, 0.3) is 33.1 Å². The summed E-state index contributed by atoms with van der Waals surface area (Å²) in [4.78, 5) is 17.2. The predicted octanol–water partition coefficient (Wildman–Crippen LogP) is 3.75. The molecule has 1 aromatic carbocycles. The van der Waals surface area contributed by atoms with Crippen LogP contribution >= 0.6 is 0 Å². The van der Waals surface area contributed by atoms with E-state index in [1.54, 1.807) is 12.3 Å². The summed E-state index contributed by atoms with van der Waals surface area (Å²) in [7, 11) is 0. The Bertz CT molecular complexity index is 1300. The lowest BCUT2D eigenvalue weighted by Crippen LogP contribution is -2.28. The summed E-state index contributed by atoms with van der Waals surface area (Å²) in [6.45, 7) is -0.729. The van der Waals surface area contributed by atoms with Gasteiger partial charge in [-0.1, -0.05) is 24.3 Å². The van der Waals surface area contributed by atoms with Crippen LogP contribution in [0.1, 0.15) is 18.4 Å². The fourth-order valence-electron chi connectivity index (χ4n) is 3.72. The molecule has 0 saturated heterocycles. The number of halogens is 3. The average molecular weight is 413 g/mol. The largest absolute Gasteiger partial charge is 0.406 e. The number of benzene rings is 1. The second kappa shape index (κ2) is 6.94. The predicted molar refractivity (Wildman–Crippen MR) is 107 cm³/mol. The average Bonchev–Trinajstić information content (AvgIpc) is 3.42. The van der Waals surface area contributed by atoms with Crippen LogP contribution in [-0.4, -0.2) is 32.0 Å². The van der Waals surface area contributed by atoms with E-state index < -0.39 is 18.3 Å². The van der Waals surface area contributed by atoms with Gasteiger partial charge < -0.3 is 5.32 Å². The van der Waals surface area contributed by atoms with Crippen molar-refractivity contribution in [3.8, 4) is 11.1 Å². The first-order valence-electron chi connectivity index (χ1n) is 9.65. The molecule has 30 heavy (non-hydrogen) atoms. The fourth-order valence-corrected chi connectivity index (χ4v) is 3.72. The molecular formula is C21H18F3N5O. The molecule has 3 aromatic heterocycles. The van der Waals surface area contributed by atoms with Gasteiger partial charge in [-0.2, -0.15) is 18.3 Å². The highest BCUT2D eigenvalue weighted by Crippen LogP contribution is 2.30. The molecule has 0 unspecified atom stereocenters. The number of hydrogen-bond donors (Lipinski definition) is 2. The summed E-state index contributed by atoms with van der Waals surface area (Å²) in [6, 6.07) is 9.82. The number of fused-ring (bicyclic) bond motifs is 3.